The predicted molar refractivity (Wildman–Crippen MR) is 85.9 cm³/mol. The molecule has 1 aliphatic heterocycles. The van der Waals surface area contributed by atoms with E-state index in [1.807, 2.05) is 23.5 Å². The second kappa shape index (κ2) is 7.24. The summed E-state index contributed by atoms with van der Waals surface area (Å²) in [5.74, 6) is 3.46. The van der Waals surface area contributed by atoms with Crippen molar-refractivity contribution in [1.29, 1.82) is 0 Å². The predicted octanol–water partition coefficient (Wildman–Crippen LogP) is 3.12. The Labute approximate surface area is 127 Å². The molecule has 0 bridgehead atoms. The SMILES string of the molecule is CSCC[C@@H](N)c1nc(C2CSC(C)C(C)S2)no1. The van der Waals surface area contributed by atoms with Gasteiger partial charge in [0.1, 0.15) is 0 Å². The van der Waals surface area contributed by atoms with Crippen molar-refractivity contribution in [2.45, 2.75) is 42.1 Å². The van der Waals surface area contributed by atoms with Gasteiger partial charge in [-0.1, -0.05) is 19.0 Å². The first-order valence-electron chi connectivity index (χ1n) is 6.47. The van der Waals surface area contributed by atoms with Gasteiger partial charge in [-0.05, 0) is 18.4 Å². The molecule has 1 aliphatic rings. The molecule has 1 saturated heterocycles. The largest absolute Gasteiger partial charge is 0.338 e. The molecule has 0 saturated carbocycles. The fourth-order valence-corrected chi connectivity index (χ4v) is 5.14. The van der Waals surface area contributed by atoms with Gasteiger partial charge in [-0.25, -0.2) is 0 Å². The molecule has 3 unspecified atom stereocenters. The summed E-state index contributed by atoms with van der Waals surface area (Å²) in [6, 6.07) is -0.133. The second-order valence-electron chi connectivity index (χ2n) is 4.75. The minimum Gasteiger partial charge on any atom is -0.338 e. The van der Waals surface area contributed by atoms with E-state index in [0.29, 0.717) is 21.6 Å². The Morgan fingerprint density at radius 2 is 2.26 bits per heavy atom. The van der Waals surface area contributed by atoms with Gasteiger partial charge in [-0.15, -0.1) is 11.8 Å². The van der Waals surface area contributed by atoms with E-state index < -0.39 is 0 Å². The molecular weight excluding hydrogens is 298 g/mol. The number of rotatable bonds is 5. The van der Waals surface area contributed by atoms with E-state index in [-0.39, 0.29) is 6.04 Å². The van der Waals surface area contributed by atoms with Gasteiger partial charge in [0.25, 0.3) is 0 Å². The molecule has 1 aromatic heterocycles. The lowest BCUT2D eigenvalue weighted by atomic mass is 10.2. The van der Waals surface area contributed by atoms with Crippen molar-refractivity contribution in [1.82, 2.24) is 10.1 Å². The maximum Gasteiger partial charge on any atom is 0.243 e. The van der Waals surface area contributed by atoms with E-state index in [2.05, 4.69) is 30.2 Å². The van der Waals surface area contributed by atoms with Crippen molar-refractivity contribution >= 4 is 35.3 Å². The number of nitrogens with zero attached hydrogens (tertiary/aromatic N) is 2. The highest BCUT2D eigenvalue weighted by Crippen LogP contribution is 2.43. The van der Waals surface area contributed by atoms with E-state index in [0.717, 1.165) is 23.8 Å². The standard InChI is InChI=1S/C12H21N3OS3/c1-7-8(2)19-10(6-18-7)11-14-12(16-15-11)9(13)4-5-17-3/h7-10H,4-6,13H2,1-3H3/t7?,8?,9-,10?/m1/s1. The summed E-state index contributed by atoms with van der Waals surface area (Å²) in [5, 5.41) is 5.77. The van der Waals surface area contributed by atoms with Gasteiger partial charge in [0.05, 0.1) is 11.3 Å². The molecule has 0 amide bonds. The van der Waals surface area contributed by atoms with Gasteiger partial charge in [0, 0.05) is 16.3 Å². The fourth-order valence-electron chi connectivity index (χ4n) is 1.82. The topological polar surface area (TPSA) is 64.9 Å². The molecule has 2 heterocycles. The van der Waals surface area contributed by atoms with Crippen LogP contribution in [0.15, 0.2) is 4.52 Å². The molecular formula is C12H21N3OS3. The average molecular weight is 320 g/mol. The lowest BCUT2D eigenvalue weighted by Gasteiger charge is -2.29. The minimum atomic E-state index is -0.133. The molecule has 2 N–H and O–H groups in total. The molecule has 0 aromatic carbocycles. The van der Waals surface area contributed by atoms with Crippen LogP contribution in [0.5, 0.6) is 0 Å². The van der Waals surface area contributed by atoms with Gasteiger partial charge in [0.15, 0.2) is 5.82 Å². The Morgan fingerprint density at radius 1 is 1.47 bits per heavy atom. The van der Waals surface area contributed by atoms with Gasteiger partial charge in [0.2, 0.25) is 5.89 Å². The number of aromatic nitrogens is 2. The van der Waals surface area contributed by atoms with Crippen LogP contribution < -0.4 is 5.73 Å². The van der Waals surface area contributed by atoms with Gasteiger partial charge in [-0.2, -0.15) is 28.5 Å². The first-order valence-corrected chi connectivity index (χ1v) is 9.85. The fraction of sp³-hybridized carbons (Fsp3) is 0.833. The molecule has 2 rings (SSSR count). The van der Waals surface area contributed by atoms with Crippen molar-refractivity contribution in [2.75, 3.05) is 17.8 Å². The third kappa shape index (κ3) is 4.06. The third-order valence-corrected chi connectivity index (χ3v) is 7.28. The highest BCUT2D eigenvalue weighted by atomic mass is 32.2. The highest BCUT2D eigenvalue weighted by Gasteiger charge is 2.30. The summed E-state index contributed by atoms with van der Waals surface area (Å²) >= 11 is 5.71. The lowest BCUT2D eigenvalue weighted by Crippen LogP contribution is -2.22. The van der Waals surface area contributed by atoms with Gasteiger partial charge < -0.3 is 10.3 Å². The molecule has 1 fully saturated rings. The van der Waals surface area contributed by atoms with Gasteiger partial charge >= 0.3 is 0 Å². The van der Waals surface area contributed by atoms with Crippen molar-refractivity contribution in [3.63, 3.8) is 0 Å². The normalized spacial score (nSPS) is 29.4. The summed E-state index contributed by atoms with van der Waals surface area (Å²) in [6.07, 6.45) is 2.95. The summed E-state index contributed by atoms with van der Waals surface area (Å²) in [6.45, 7) is 4.54. The van der Waals surface area contributed by atoms with Crippen LogP contribution in [-0.2, 0) is 0 Å². The van der Waals surface area contributed by atoms with Crippen LogP contribution in [0.25, 0.3) is 0 Å². The Hall–Kier alpha value is 0.150. The Bertz CT molecular complexity index is 401. The summed E-state index contributed by atoms with van der Waals surface area (Å²) in [4.78, 5) is 4.50. The van der Waals surface area contributed by atoms with Crippen molar-refractivity contribution < 1.29 is 4.52 Å². The molecule has 108 valence electrons. The number of thioether (sulfide) groups is 3. The third-order valence-electron chi connectivity index (χ3n) is 3.25. The molecule has 7 heteroatoms. The van der Waals surface area contributed by atoms with Crippen LogP contribution in [0, 0.1) is 0 Å². The van der Waals surface area contributed by atoms with Crippen LogP contribution in [0.3, 0.4) is 0 Å². The van der Waals surface area contributed by atoms with Crippen LogP contribution >= 0.6 is 35.3 Å². The molecule has 1 aromatic rings. The monoisotopic (exact) mass is 319 g/mol. The summed E-state index contributed by atoms with van der Waals surface area (Å²) < 4.78 is 5.32. The smallest absolute Gasteiger partial charge is 0.243 e. The zero-order chi connectivity index (χ0) is 13.8. The maximum atomic E-state index is 6.05. The van der Waals surface area contributed by atoms with E-state index in [1.54, 1.807) is 11.8 Å². The zero-order valence-corrected chi connectivity index (χ0v) is 14.0. The number of hydrogen-bond acceptors (Lipinski definition) is 7. The Kier molecular flexibility index (Phi) is 5.92. The number of hydrogen-bond donors (Lipinski definition) is 1. The maximum absolute atomic E-state index is 6.05. The number of nitrogens with two attached hydrogens (primary N) is 1. The van der Waals surface area contributed by atoms with Crippen molar-refractivity contribution in [3.05, 3.63) is 11.7 Å². The first-order chi connectivity index (χ1) is 9.11. The summed E-state index contributed by atoms with van der Waals surface area (Å²) in [7, 11) is 0. The lowest BCUT2D eigenvalue weighted by molar-refractivity contribution is 0.349. The average Bonchev–Trinajstić information content (AvgIpc) is 2.89. The highest BCUT2D eigenvalue weighted by molar-refractivity contribution is 8.07. The van der Waals surface area contributed by atoms with E-state index >= 15 is 0 Å². The Morgan fingerprint density at radius 3 is 2.95 bits per heavy atom. The van der Waals surface area contributed by atoms with Gasteiger partial charge in [-0.3, -0.25) is 0 Å². The van der Waals surface area contributed by atoms with Crippen LogP contribution in [0.4, 0.5) is 0 Å². The second-order valence-corrected chi connectivity index (χ2v) is 8.73. The first kappa shape index (κ1) is 15.5. The Balaban J connectivity index is 1.97. The zero-order valence-electron chi connectivity index (χ0n) is 11.5. The molecule has 4 nitrogen and oxygen atoms in total. The summed E-state index contributed by atoms with van der Waals surface area (Å²) in [5.41, 5.74) is 6.05. The molecule has 0 radical (unpaired) electrons. The van der Waals surface area contributed by atoms with E-state index in [1.165, 1.54) is 0 Å². The quantitative estimate of drug-likeness (QED) is 0.894. The van der Waals surface area contributed by atoms with Crippen LogP contribution in [0.2, 0.25) is 0 Å². The molecule has 0 spiro atoms. The minimum absolute atomic E-state index is 0.133. The van der Waals surface area contributed by atoms with Crippen molar-refractivity contribution in [3.8, 4) is 0 Å². The van der Waals surface area contributed by atoms with Crippen LogP contribution in [-0.4, -0.2) is 38.4 Å². The van der Waals surface area contributed by atoms with E-state index in [9.17, 15) is 0 Å². The van der Waals surface area contributed by atoms with Crippen LogP contribution in [0.1, 0.15) is 43.3 Å². The van der Waals surface area contributed by atoms with E-state index in [4.69, 9.17) is 10.3 Å². The molecule has 19 heavy (non-hydrogen) atoms. The van der Waals surface area contributed by atoms with Crippen molar-refractivity contribution in [2.24, 2.45) is 5.73 Å². The molecule has 4 atom stereocenters. The molecule has 0 aliphatic carbocycles.